The summed E-state index contributed by atoms with van der Waals surface area (Å²) >= 11 is 6.11. The SMILES string of the molecule is CCOc1ccc(CNC(=O)C2CCCC2)cc1Cl. The molecule has 1 N–H and O–H groups in total. The van der Waals surface area contributed by atoms with Gasteiger partial charge in [-0.05, 0) is 37.5 Å². The van der Waals surface area contributed by atoms with Gasteiger partial charge in [-0.25, -0.2) is 0 Å². The summed E-state index contributed by atoms with van der Waals surface area (Å²) in [5.74, 6) is 1.07. The van der Waals surface area contributed by atoms with E-state index in [-0.39, 0.29) is 11.8 Å². The summed E-state index contributed by atoms with van der Waals surface area (Å²) < 4.78 is 5.38. The number of carbonyl (C=O) groups is 1. The minimum Gasteiger partial charge on any atom is -0.492 e. The molecule has 1 aromatic carbocycles. The molecule has 1 fully saturated rings. The molecule has 1 aliphatic rings. The molecular formula is C15H20ClNO2. The number of nitrogens with one attached hydrogen (secondary N) is 1. The van der Waals surface area contributed by atoms with Crippen molar-refractivity contribution in [3.63, 3.8) is 0 Å². The lowest BCUT2D eigenvalue weighted by Gasteiger charge is -2.11. The monoisotopic (exact) mass is 281 g/mol. The Balaban J connectivity index is 1.88. The van der Waals surface area contributed by atoms with Crippen molar-refractivity contribution in [3.05, 3.63) is 28.8 Å². The first-order chi connectivity index (χ1) is 9.20. The predicted molar refractivity (Wildman–Crippen MR) is 76.4 cm³/mol. The van der Waals surface area contributed by atoms with Crippen LogP contribution in [-0.2, 0) is 11.3 Å². The van der Waals surface area contributed by atoms with Crippen molar-refractivity contribution in [1.29, 1.82) is 0 Å². The normalized spacial score (nSPS) is 15.5. The molecule has 0 bridgehead atoms. The van der Waals surface area contributed by atoms with Crippen LogP contribution in [0.2, 0.25) is 5.02 Å². The van der Waals surface area contributed by atoms with Gasteiger partial charge in [0.2, 0.25) is 5.91 Å². The highest BCUT2D eigenvalue weighted by Crippen LogP contribution is 2.26. The Morgan fingerprint density at radius 1 is 1.42 bits per heavy atom. The van der Waals surface area contributed by atoms with Crippen LogP contribution in [0.5, 0.6) is 5.75 Å². The molecule has 0 radical (unpaired) electrons. The lowest BCUT2D eigenvalue weighted by Crippen LogP contribution is -2.28. The molecule has 1 aliphatic carbocycles. The van der Waals surface area contributed by atoms with E-state index >= 15 is 0 Å². The van der Waals surface area contributed by atoms with Crippen molar-refractivity contribution in [3.8, 4) is 5.75 Å². The summed E-state index contributed by atoms with van der Waals surface area (Å²) in [7, 11) is 0. The van der Waals surface area contributed by atoms with Gasteiger partial charge in [-0.2, -0.15) is 0 Å². The zero-order valence-electron chi connectivity index (χ0n) is 11.2. The summed E-state index contributed by atoms with van der Waals surface area (Å²) in [6.07, 6.45) is 4.39. The standard InChI is InChI=1S/C15H20ClNO2/c1-2-19-14-8-7-11(9-13(14)16)10-17-15(18)12-5-3-4-6-12/h7-9,12H,2-6,10H2,1H3,(H,17,18). The first-order valence-corrected chi connectivity index (χ1v) is 7.27. The van der Waals surface area contributed by atoms with Crippen LogP contribution in [0.1, 0.15) is 38.2 Å². The van der Waals surface area contributed by atoms with Gasteiger partial charge in [0.15, 0.2) is 0 Å². The van der Waals surface area contributed by atoms with Gasteiger partial charge in [0.05, 0.1) is 11.6 Å². The average Bonchev–Trinajstić information content (AvgIpc) is 2.93. The van der Waals surface area contributed by atoms with E-state index in [1.807, 2.05) is 25.1 Å². The quantitative estimate of drug-likeness (QED) is 0.896. The molecule has 0 atom stereocenters. The highest BCUT2D eigenvalue weighted by Gasteiger charge is 2.22. The van der Waals surface area contributed by atoms with Crippen molar-refractivity contribution in [2.75, 3.05) is 6.61 Å². The fraction of sp³-hybridized carbons (Fsp3) is 0.533. The predicted octanol–water partition coefficient (Wildman–Crippen LogP) is 3.55. The van der Waals surface area contributed by atoms with E-state index in [1.54, 1.807) is 0 Å². The number of hydrogen-bond donors (Lipinski definition) is 1. The van der Waals surface area contributed by atoms with Gasteiger partial charge in [-0.3, -0.25) is 4.79 Å². The van der Waals surface area contributed by atoms with E-state index in [1.165, 1.54) is 12.8 Å². The minimum absolute atomic E-state index is 0.169. The molecule has 0 aliphatic heterocycles. The van der Waals surface area contributed by atoms with Gasteiger partial charge in [-0.1, -0.05) is 30.5 Å². The van der Waals surface area contributed by atoms with Crippen LogP contribution in [0.3, 0.4) is 0 Å². The largest absolute Gasteiger partial charge is 0.492 e. The molecule has 0 heterocycles. The number of rotatable bonds is 5. The molecule has 1 amide bonds. The Labute approximate surface area is 119 Å². The Hall–Kier alpha value is -1.22. The van der Waals surface area contributed by atoms with Crippen LogP contribution in [-0.4, -0.2) is 12.5 Å². The Morgan fingerprint density at radius 2 is 2.16 bits per heavy atom. The van der Waals surface area contributed by atoms with E-state index in [4.69, 9.17) is 16.3 Å². The third kappa shape index (κ3) is 3.87. The van der Waals surface area contributed by atoms with Crippen LogP contribution in [0, 0.1) is 5.92 Å². The van der Waals surface area contributed by atoms with Crippen LogP contribution < -0.4 is 10.1 Å². The summed E-state index contributed by atoms with van der Waals surface area (Å²) in [6, 6.07) is 5.64. The second-order valence-electron chi connectivity index (χ2n) is 4.90. The van der Waals surface area contributed by atoms with Gasteiger partial charge in [-0.15, -0.1) is 0 Å². The number of halogens is 1. The molecular weight excluding hydrogens is 262 g/mol. The van der Waals surface area contributed by atoms with Gasteiger partial charge >= 0.3 is 0 Å². The van der Waals surface area contributed by atoms with Crippen molar-refractivity contribution >= 4 is 17.5 Å². The van der Waals surface area contributed by atoms with Crippen LogP contribution >= 0.6 is 11.6 Å². The zero-order valence-corrected chi connectivity index (χ0v) is 12.0. The van der Waals surface area contributed by atoms with E-state index < -0.39 is 0 Å². The van der Waals surface area contributed by atoms with Crippen molar-refractivity contribution in [1.82, 2.24) is 5.32 Å². The van der Waals surface area contributed by atoms with E-state index in [2.05, 4.69) is 5.32 Å². The van der Waals surface area contributed by atoms with Crippen molar-refractivity contribution < 1.29 is 9.53 Å². The summed E-state index contributed by atoms with van der Waals surface area (Å²) in [6.45, 7) is 3.05. The maximum Gasteiger partial charge on any atom is 0.223 e. The Morgan fingerprint density at radius 3 is 2.79 bits per heavy atom. The van der Waals surface area contributed by atoms with E-state index in [9.17, 15) is 4.79 Å². The second-order valence-corrected chi connectivity index (χ2v) is 5.30. The fourth-order valence-corrected chi connectivity index (χ4v) is 2.71. The third-order valence-electron chi connectivity index (χ3n) is 3.49. The molecule has 1 aromatic rings. The molecule has 0 spiro atoms. The molecule has 104 valence electrons. The smallest absolute Gasteiger partial charge is 0.223 e. The van der Waals surface area contributed by atoms with Gasteiger partial charge < -0.3 is 10.1 Å². The molecule has 4 heteroatoms. The lowest BCUT2D eigenvalue weighted by atomic mass is 10.1. The molecule has 0 aromatic heterocycles. The highest BCUT2D eigenvalue weighted by atomic mass is 35.5. The van der Waals surface area contributed by atoms with E-state index in [0.29, 0.717) is 23.9 Å². The molecule has 2 rings (SSSR count). The van der Waals surface area contributed by atoms with Gasteiger partial charge in [0.25, 0.3) is 0 Å². The number of carbonyl (C=O) groups excluding carboxylic acids is 1. The molecule has 19 heavy (non-hydrogen) atoms. The summed E-state index contributed by atoms with van der Waals surface area (Å²) in [5.41, 5.74) is 1.000. The molecule has 1 saturated carbocycles. The topological polar surface area (TPSA) is 38.3 Å². The maximum absolute atomic E-state index is 11.9. The van der Waals surface area contributed by atoms with Gasteiger partial charge in [0.1, 0.15) is 5.75 Å². The van der Waals surface area contributed by atoms with E-state index in [0.717, 1.165) is 18.4 Å². The number of amides is 1. The zero-order chi connectivity index (χ0) is 13.7. The molecule has 3 nitrogen and oxygen atoms in total. The third-order valence-corrected chi connectivity index (χ3v) is 3.78. The Bertz CT molecular complexity index is 442. The number of benzene rings is 1. The Kier molecular flexibility index (Phi) is 5.08. The lowest BCUT2D eigenvalue weighted by molar-refractivity contribution is -0.124. The first kappa shape index (κ1) is 14.2. The van der Waals surface area contributed by atoms with Crippen LogP contribution in [0.4, 0.5) is 0 Å². The van der Waals surface area contributed by atoms with Crippen LogP contribution in [0.15, 0.2) is 18.2 Å². The molecule has 0 saturated heterocycles. The molecule has 0 unspecified atom stereocenters. The van der Waals surface area contributed by atoms with Crippen LogP contribution in [0.25, 0.3) is 0 Å². The maximum atomic E-state index is 11.9. The van der Waals surface area contributed by atoms with Gasteiger partial charge in [0, 0.05) is 12.5 Å². The number of hydrogen-bond acceptors (Lipinski definition) is 2. The average molecular weight is 282 g/mol. The van der Waals surface area contributed by atoms with Crippen molar-refractivity contribution in [2.45, 2.75) is 39.2 Å². The number of ether oxygens (including phenoxy) is 1. The first-order valence-electron chi connectivity index (χ1n) is 6.89. The fourth-order valence-electron chi connectivity index (χ4n) is 2.45. The summed E-state index contributed by atoms with van der Waals surface area (Å²) in [5, 5.41) is 3.57. The summed E-state index contributed by atoms with van der Waals surface area (Å²) in [4.78, 5) is 11.9. The highest BCUT2D eigenvalue weighted by molar-refractivity contribution is 6.32. The van der Waals surface area contributed by atoms with Crippen molar-refractivity contribution in [2.24, 2.45) is 5.92 Å². The minimum atomic E-state index is 0.169. The second kappa shape index (κ2) is 6.80.